The lowest BCUT2D eigenvalue weighted by Gasteiger charge is -2.34. The minimum absolute atomic E-state index is 0.522. The number of hydrogen-bond acceptors (Lipinski definition) is 3. The van der Waals surface area contributed by atoms with Crippen LogP contribution in [0.2, 0.25) is 0 Å². The van der Waals surface area contributed by atoms with E-state index in [1.54, 1.807) is 0 Å². The number of piperidine rings is 1. The zero-order valence-corrected chi connectivity index (χ0v) is 7.05. The van der Waals surface area contributed by atoms with E-state index in [-0.39, 0.29) is 0 Å². The van der Waals surface area contributed by atoms with Crippen LogP contribution in [0.15, 0.2) is 0 Å². The van der Waals surface area contributed by atoms with Crippen molar-refractivity contribution in [2.45, 2.75) is 25.3 Å². The number of hydrogen-bond donors (Lipinski definition) is 1. The predicted molar refractivity (Wildman–Crippen MR) is 44.3 cm³/mol. The molecule has 0 radical (unpaired) electrons. The van der Waals surface area contributed by atoms with Crippen molar-refractivity contribution in [3.63, 3.8) is 0 Å². The van der Waals surface area contributed by atoms with Crippen LogP contribution >= 0.6 is 0 Å². The van der Waals surface area contributed by atoms with Gasteiger partial charge in [0.25, 0.3) is 0 Å². The Morgan fingerprint density at radius 1 is 1.55 bits per heavy atom. The first kappa shape index (κ1) is 8.68. The number of aldehydes is 1. The smallest absolute Gasteiger partial charge is 0.139 e. The van der Waals surface area contributed by atoms with E-state index in [4.69, 9.17) is 5.73 Å². The summed E-state index contributed by atoms with van der Waals surface area (Å²) in [6.45, 7) is 5.12. The maximum absolute atomic E-state index is 10.5. The first-order valence-electron chi connectivity index (χ1n) is 4.18. The van der Waals surface area contributed by atoms with E-state index >= 15 is 0 Å². The summed E-state index contributed by atoms with van der Waals surface area (Å²) in [5, 5.41) is 0. The molecule has 1 rings (SSSR count). The second-order valence-electron chi connectivity index (χ2n) is 3.29. The molecule has 0 spiro atoms. The van der Waals surface area contributed by atoms with Gasteiger partial charge in [0.05, 0.1) is 5.54 Å². The molecule has 0 aromatic rings. The average molecular weight is 156 g/mol. The molecule has 0 aromatic heterocycles. The highest BCUT2D eigenvalue weighted by molar-refractivity contribution is 5.63. The lowest BCUT2D eigenvalue weighted by Crippen LogP contribution is -2.51. The highest BCUT2D eigenvalue weighted by Crippen LogP contribution is 2.16. The van der Waals surface area contributed by atoms with Crippen LogP contribution in [0, 0.1) is 0 Å². The van der Waals surface area contributed by atoms with Crippen molar-refractivity contribution in [3.05, 3.63) is 0 Å². The zero-order valence-electron chi connectivity index (χ0n) is 7.05. The number of nitrogens with two attached hydrogens (primary N) is 1. The van der Waals surface area contributed by atoms with Crippen LogP contribution < -0.4 is 5.73 Å². The van der Waals surface area contributed by atoms with Gasteiger partial charge in [-0.1, -0.05) is 6.92 Å². The zero-order chi connectivity index (χ0) is 8.32. The molecule has 0 saturated carbocycles. The first-order chi connectivity index (χ1) is 5.20. The van der Waals surface area contributed by atoms with Crippen molar-refractivity contribution in [3.8, 4) is 0 Å². The summed E-state index contributed by atoms with van der Waals surface area (Å²) < 4.78 is 0. The Kier molecular flexibility index (Phi) is 2.62. The Hall–Kier alpha value is -0.410. The fourth-order valence-electron chi connectivity index (χ4n) is 1.40. The maximum Gasteiger partial charge on any atom is 0.139 e. The summed E-state index contributed by atoms with van der Waals surface area (Å²) in [4.78, 5) is 12.8. The van der Waals surface area contributed by atoms with E-state index in [1.807, 2.05) is 0 Å². The molecule has 1 fully saturated rings. The normalized spacial score (nSPS) is 24.9. The Bertz CT molecular complexity index is 139. The Morgan fingerprint density at radius 2 is 2.09 bits per heavy atom. The third kappa shape index (κ3) is 2.01. The highest BCUT2D eigenvalue weighted by Gasteiger charge is 2.29. The molecule has 0 unspecified atom stereocenters. The second-order valence-corrected chi connectivity index (χ2v) is 3.29. The van der Waals surface area contributed by atoms with Gasteiger partial charge < -0.3 is 15.4 Å². The van der Waals surface area contributed by atoms with Crippen molar-refractivity contribution >= 4 is 6.29 Å². The van der Waals surface area contributed by atoms with Gasteiger partial charge in [0.15, 0.2) is 0 Å². The molecular formula is C8H16N2O. The lowest BCUT2D eigenvalue weighted by atomic mass is 9.90. The molecule has 11 heavy (non-hydrogen) atoms. The average Bonchev–Trinajstić information content (AvgIpc) is 2.06. The molecule has 3 heteroatoms. The summed E-state index contributed by atoms with van der Waals surface area (Å²) in [5.74, 6) is 0. The van der Waals surface area contributed by atoms with Crippen LogP contribution in [0.5, 0.6) is 0 Å². The summed E-state index contributed by atoms with van der Waals surface area (Å²) in [5.41, 5.74) is 5.26. The van der Waals surface area contributed by atoms with Gasteiger partial charge in [-0.3, -0.25) is 0 Å². The van der Waals surface area contributed by atoms with E-state index < -0.39 is 5.54 Å². The van der Waals surface area contributed by atoms with Crippen molar-refractivity contribution in [2.24, 2.45) is 5.73 Å². The van der Waals surface area contributed by atoms with Crippen LogP contribution in [-0.4, -0.2) is 36.4 Å². The Morgan fingerprint density at radius 3 is 2.45 bits per heavy atom. The monoisotopic (exact) mass is 156 g/mol. The number of likely N-dealkylation sites (tertiary alicyclic amines) is 1. The fraction of sp³-hybridized carbons (Fsp3) is 0.875. The summed E-state index contributed by atoms with van der Waals surface area (Å²) in [7, 11) is 0. The molecule has 3 nitrogen and oxygen atoms in total. The molecule has 1 saturated heterocycles. The number of carbonyl (C=O) groups excluding carboxylic acids is 1. The van der Waals surface area contributed by atoms with Crippen molar-refractivity contribution in [2.75, 3.05) is 19.6 Å². The van der Waals surface area contributed by atoms with Crippen LogP contribution in [0.3, 0.4) is 0 Å². The first-order valence-corrected chi connectivity index (χ1v) is 4.18. The van der Waals surface area contributed by atoms with Crippen LogP contribution in [0.4, 0.5) is 0 Å². The summed E-state index contributed by atoms with van der Waals surface area (Å²) in [6.07, 6.45) is 2.52. The molecule has 0 aromatic carbocycles. The predicted octanol–water partition coefficient (Wildman–Crippen LogP) is -0.00150. The van der Waals surface area contributed by atoms with Crippen LogP contribution in [-0.2, 0) is 4.79 Å². The molecule has 0 bridgehead atoms. The quantitative estimate of drug-likeness (QED) is 0.572. The Balaban J connectivity index is 2.41. The molecule has 1 aliphatic rings. The van der Waals surface area contributed by atoms with Crippen molar-refractivity contribution in [1.82, 2.24) is 4.90 Å². The van der Waals surface area contributed by atoms with Gasteiger partial charge in [-0.2, -0.15) is 0 Å². The van der Waals surface area contributed by atoms with E-state index in [0.717, 1.165) is 38.8 Å². The van der Waals surface area contributed by atoms with Gasteiger partial charge in [0.2, 0.25) is 0 Å². The topological polar surface area (TPSA) is 46.3 Å². The second kappa shape index (κ2) is 3.32. The maximum atomic E-state index is 10.5. The third-order valence-corrected chi connectivity index (χ3v) is 2.47. The molecule has 0 amide bonds. The molecular weight excluding hydrogens is 140 g/mol. The van der Waals surface area contributed by atoms with Gasteiger partial charge in [0.1, 0.15) is 6.29 Å². The van der Waals surface area contributed by atoms with Crippen LogP contribution in [0.25, 0.3) is 0 Å². The highest BCUT2D eigenvalue weighted by atomic mass is 16.1. The van der Waals surface area contributed by atoms with Gasteiger partial charge in [-0.05, 0) is 19.4 Å². The number of carbonyl (C=O) groups is 1. The molecule has 0 aliphatic carbocycles. The van der Waals surface area contributed by atoms with Gasteiger partial charge in [-0.25, -0.2) is 0 Å². The molecule has 0 atom stereocenters. The third-order valence-electron chi connectivity index (χ3n) is 2.47. The lowest BCUT2D eigenvalue weighted by molar-refractivity contribution is -0.113. The minimum atomic E-state index is -0.522. The largest absolute Gasteiger partial charge is 0.319 e. The standard InChI is InChI=1S/C8H16N2O/c1-2-10-5-3-8(9,7-11)4-6-10/h7H,2-6,9H2,1H3. The fourth-order valence-corrected chi connectivity index (χ4v) is 1.40. The number of rotatable bonds is 2. The van der Waals surface area contributed by atoms with Crippen LogP contribution in [0.1, 0.15) is 19.8 Å². The van der Waals surface area contributed by atoms with Gasteiger partial charge >= 0.3 is 0 Å². The number of nitrogens with zero attached hydrogens (tertiary/aromatic N) is 1. The van der Waals surface area contributed by atoms with Crippen molar-refractivity contribution in [1.29, 1.82) is 0 Å². The summed E-state index contributed by atoms with van der Waals surface area (Å²) in [6, 6.07) is 0. The Labute approximate surface area is 67.5 Å². The molecule has 1 heterocycles. The van der Waals surface area contributed by atoms with E-state index in [0.29, 0.717) is 0 Å². The van der Waals surface area contributed by atoms with Gasteiger partial charge in [-0.15, -0.1) is 0 Å². The van der Waals surface area contributed by atoms with E-state index in [9.17, 15) is 4.79 Å². The SMILES string of the molecule is CCN1CCC(N)(C=O)CC1. The minimum Gasteiger partial charge on any atom is -0.319 e. The molecule has 64 valence electrons. The molecule has 1 aliphatic heterocycles. The molecule has 2 N–H and O–H groups in total. The summed E-state index contributed by atoms with van der Waals surface area (Å²) >= 11 is 0. The van der Waals surface area contributed by atoms with Crippen molar-refractivity contribution < 1.29 is 4.79 Å². The van der Waals surface area contributed by atoms with E-state index in [2.05, 4.69) is 11.8 Å². The van der Waals surface area contributed by atoms with E-state index in [1.165, 1.54) is 0 Å². The van der Waals surface area contributed by atoms with Gasteiger partial charge in [0, 0.05) is 13.1 Å².